The summed E-state index contributed by atoms with van der Waals surface area (Å²) in [6.45, 7) is 3.90. The molecule has 1 aromatic heterocycles. The lowest BCUT2D eigenvalue weighted by atomic mass is 10.0. The molecule has 0 aliphatic heterocycles. The fraction of sp³-hybridized carbons (Fsp3) is 0.111. The first-order valence-corrected chi connectivity index (χ1v) is 8.06. The molecule has 3 rings (SSSR count). The fourth-order valence-electron chi connectivity index (χ4n) is 2.42. The molecule has 1 amide bonds. The topological polar surface area (TPSA) is 68.0 Å². The van der Waals surface area contributed by atoms with Crippen LogP contribution in [0.2, 0.25) is 0 Å². The third kappa shape index (κ3) is 3.24. The number of thiazole rings is 1. The number of hydrogen-bond acceptors (Lipinski definition) is 4. The number of hydrogen-bond donors (Lipinski definition) is 2. The number of nitrogen functional groups attached to an aromatic ring is 1. The number of aromatic nitrogens is 1. The molecular weight excluding hydrogens is 306 g/mol. The Balaban J connectivity index is 1.95. The summed E-state index contributed by atoms with van der Waals surface area (Å²) in [7, 11) is 0. The molecule has 0 bridgehead atoms. The molecule has 5 heteroatoms. The highest BCUT2D eigenvalue weighted by molar-refractivity contribution is 7.15. The monoisotopic (exact) mass is 323 g/mol. The van der Waals surface area contributed by atoms with Crippen LogP contribution in [0.3, 0.4) is 0 Å². The van der Waals surface area contributed by atoms with E-state index < -0.39 is 0 Å². The zero-order valence-electron chi connectivity index (χ0n) is 13.0. The van der Waals surface area contributed by atoms with E-state index in [2.05, 4.69) is 10.3 Å². The highest BCUT2D eigenvalue weighted by Crippen LogP contribution is 2.30. The molecule has 0 saturated carbocycles. The number of carbonyl (C=O) groups is 1. The van der Waals surface area contributed by atoms with Crippen LogP contribution < -0.4 is 11.1 Å². The SMILES string of the molecule is Cc1ccc(-c2nc(N)sc2C)cc1C(=O)Nc1ccccc1. The highest BCUT2D eigenvalue weighted by atomic mass is 32.1. The van der Waals surface area contributed by atoms with Gasteiger partial charge in [-0.25, -0.2) is 4.98 Å². The molecule has 0 aliphatic carbocycles. The Morgan fingerprint density at radius 2 is 1.87 bits per heavy atom. The van der Waals surface area contributed by atoms with E-state index >= 15 is 0 Å². The van der Waals surface area contributed by atoms with Crippen LogP contribution in [0.4, 0.5) is 10.8 Å². The third-order valence-electron chi connectivity index (χ3n) is 3.60. The summed E-state index contributed by atoms with van der Waals surface area (Å²) in [5.41, 5.74) is 9.84. The first kappa shape index (κ1) is 15.2. The van der Waals surface area contributed by atoms with Crippen molar-refractivity contribution >= 4 is 28.1 Å². The molecule has 0 radical (unpaired) electrons. The minimum absolute atomic E-state index is 0.128. The second-order valence-corrected chi connectivity index (χ2v) is 6.54. The Labute approximate surface area is 139 Å². The third-order valence-corrected chi connectivity index (χ3v) is 4.40. The average Bonchev–Trinajstić information content (AvgIpc) is 2.87. The van der Waals surface area contributed by atoms with Crippen LogP contribution in [0.15, 0.2) is 48.5 Å². The summed E-state index contributed by atoms with van der Waals surface area (Å²) in [4.78, 5) is 18.0. The van der Waals surface area contributed by atoms with Crippen LogP contribution in [0.5, 0.6) is 0 Å². The van der Waals surface area contributed by atoms with Gasteiger partial charge in [0.1, 0.15) is 0 Å². The molecule has 0 fully saturated rings. The Morgan fingerprint density at radius 1 is 1.13 bits per heavy atom. The standard InChI is InChI=1S/C18H17N3OS/c1-11-8-9-13(16-12(2)23-18(19)21-16)10-15(11)17(22)20-14-6-4-3-5-7-14/h3-10H,1-2H3,(H2,19,21)(H,20,22). The van der Waals surface area contributed by atoms with Crippen molar-refractivity contribution in [3.8, 4) is 11.3 Å². The lowest BCUT2D eigenvalue weighted by Gasteiger charge is -2.09. The van der Waals surface area contributed by atoms with E-state index in [4.69, 9.17) is 5.73 Å². The molecule has 2 aromatic carbocycles. The number of aryl methyl sites for hydroxylation is 2. The van der Waals surface area contributed by atoms with Gasteiger partial charge in [-0.3, -0.25) is 4.79 Å². The van der Waals surface area contributed by atoms with E-state index in [1.54, 1.807) is 0 Å². The lowest BCUT2D eigenvalue weighted by molar-refractivity contribution is 0.102. The number of nitrogens with two attached hydrogens (primary N) is 1. The summed E-state index contributed by atoms with van der Waals surface area (Å²) in [5.74, 6) is -0.128. The average molecular weight is 323 g/mol. The van der Waals surface area contributed by atoms with Crippen molar-refractivity contribution in [3.05, 3.63) is 64.5 Å². The summed E-state index contributed by atoms with van der Waals surface area (Å²) >= 11 is 1.45. The smallest absolute Gasteiger partial charge is 0.255 e. The van der Waals surface area contributed by atoms with Crippen molar-refractivity contribution in [2.45, 2.75) is 13.8 Å². The molecule has 3 aromatic rings. The highest BCUT2D eigenvalue weighted by Gasteiger charge is 2.14. The van der Waals surface area contributed by atoms with Gasteiger partial charge in [-0.15, -0.1) is 11.3 Å². The van der Waals surface area contributed by atoms with Crippen LogP contribution in [-0.2, 0) is 0 Å². The fourth-order valence-corrected chi connectivity index (χ4v) is 3.13. The van der Waals surface area contributed by atoms with Crippen molar-refractivity contribution < 1.29 is 4.79 Å². The largest absolute Gasteiger partial charge is 0.375 e. The first-order valence-electron chi connectivity index (χ1n) is 7.25. The van der Waals surface area contributed by atoms with Gasteiger partial charge in [-0.05, 0) is 37.6 Å². The summed E-state index contributed by atoms with van der Waals surface area (Å²) in [6.07, 6.45) is 0. The minimum Gasteiger partial charge on any atom is -0.375 e. The molecule has 0 unspecified atom stereocenters. The number of nitrogens with zero attached hydrogens (tertiary/aromatic N) is 1. The molecular formula is C18H17N3OS. The van der Waals surface area contributed by atoms with Crippen molar-refractivity contribution in [3.63, 3.8) is 0 Å². The van der Waals surface area contributed by atoms with E-state index in [0.29, 0.717) is 10.7 Å². The van der Waals surface area contributed by atoms with Gasteiger partial charge in [-0.1, -0.05) is 30.3 Å². The second kappa shape index (κ2) is 6.22. The van der Waals surface area contributed by atoms with Crippen LogP contribution in [0.1, 0.15) is 20.8 Å². The quantitative estimate of drug-likeness (QED) is 0.756. The van der Waals surface area contributed by atoms with E-state index in [1.165, 1.54) is 11.3 Å². The van der Waals surface area contributed by atoms with Gasteiger partial charge in [0.25, 0.3) is 5.91 Å². The van der Waals surface area contributed by atoms with Gasteiger partial charge in [0.2, 0.25) is 0 Å². The van der Waals surface area contributed by atoms with Gasteiger partial charge in [0.15, 0.2) is 5.13 Å². The van der Waals surface area contributed by atoms with Crippen molar-refractivity contribution in [2.24, 2.45) is 0 Å². The summed E-state index contributed by atoms with van der Waals surface area (Å²) < 4.78 is 0. The first-order chi connectivity index (χ1) is 11.0. The van der Waals surface area contributed by atoms with Crippen LogP contribution in [0.25, 0.3) is 11.3 Å². The summed E-state index contributed by atoms with van der Waals surface area (Å²) in [5, 5.41) is 3.45. The number of amides is 1. The van der Waals surface area contributed by atoms with Crippen LogP contribution >= 0.6 is 11.3 Å². The number of nitrogens with one attached hydrogen (secondary N) is 1. The molecule has 0 atom stereocenters. The number of carbonyl (C=O) groups excluding carboxylic acids is 1. The van der Waals surface area contributed by atoms with Gasteiger partial charge in [0, 0.05) is 21.7 Å². The Kier molecular flexibility index (Phi) is 4.12. The molecule has 116 valence electrons. The van der Waals surface area contributed by atoms with Crippen LogP contribution in [-0.4, -0.2) is 10.9 Å². The van der Waals surface area contributed by atoms with E-state index in [9.17, 15) is 4.79 Å². The zero-order valence-corrected chi connectivity index (χ0v) is 13.8. The Morgan fingerprint density at radius 3 is 2.52 bits per heavy atom. The molecule has 1 heterocycles. The number of anilines is 2. The molecule has 0 spiro atoms. The normalized spacial score (nSPS) is 10.5. The maximum atomic E-state index is 12.6. The molecule has 0 saturated heterocycles. The second-order valence-electron chi connectivity index (χ2n) is 5.31. The van der Waals surface area contributed by atoms with Gasteiger partial charge < -0.3 is 11.1 Å². The maximum absolute atomic E-state index is 12.6. The molecule has 0 aliphatic rings. The predicted octanol–water partition coefficient (Wildman–Crippen LogP) is 4.26. The van der Waals surface area contributed by atoms with Crippen molar-refractivity contribution in [1.82, 2.24) is 4.98 Å². The van der Waals surface area contributed by atoms with E-state index in [1.807, 2.05) is 62.4 Å². The molecule has 3 N–H and O–H groups in total. The number of benzene rings is 2. The molecule has 4 nitrogen and oxygen atoms in total. The van der Waals surface area contributed by atoms with Gasteiger partial charge in [-0.2, -0.15) is 0 Å². The van der Waals surface area contributed by atoms with E-state index in [-0.39, 0.29) is 5.91 Å². The summed E-state index contributed by atoms with van der Waals surface area (Å²) in [6, 6.07) is 15.2. The Hall–Kier alpha value is -2.66. The van der Waals surface area contributed by atoms with E-state index in [0.717, 1.165) is 27.4 Å². The van der Waals surface area contributed by atoms with Crippen molar-refractivity contribution in [1.29, 1.82) is 0 Å². The maximum Gasteiger partial charge on any atom is 0.255 e. The zero-order chi connectivity index (χ0) is 16.4. The minimum atomic E-state index is -0.128. The number of para-hydroxylation sites is 1. The lowest BCUT2D eigenvalue weighted by Crippen LogP contribution is -2.13. The van der Waals surface area contributed by atoms with Gasteiger partial charge >= 0.3 is 0 Å². The van der Waals surface area contributed by atoms with Crippen LogP contribution in [0, 0.1) is 13.8 Å². The van der Waals surface area contributed by atoms with Crippen molar-refractivity contribution in [2.75, 3.05) is 11.1 Å². The Bertz CT molecular complexity index is 856. The van der Waals surface area contributed by atoms with Gasteiger partial charge in [0.05, 0.1) is 5.69 Å². The molecule has 23 heavy (non-hydrogen) atoms. The predicted molar refractivity (Wildman–Crippen MR) is 95.8 cm³/mol. The number of rotatable bonds is 3.